The topological polar surface area (TPSA) is 163 Å². The fourth-order valence-electron chi connectivity index (χ4n) is 3.99. The number of aromatic nitrogens is 2. The Balaban J connectivity index is 1.64. The van der Waals surface area contributed by atoms with Gasteiger partial charge in [0.15, 0.2) is 6.10 Å². The summed E-state index contributed by atoms with van der Waals surface area (Å²) >= 11 is 0. The Hall–Kier alpha value is -4.43. The lowest BCUT2D eigenvalue weighted by atomic mass is 9.90. The summed E-state index contributed by atoms with van der Waals surface area (Å²) in [6, 6.07) is 2.93. The van der Waals surface area contributed by atoms with Gasteiger partial charge < -0.3 is 20.7 Å². The van der Waals surface area contributed by atoms with Gasteiger partial charge in [-0.05, 0) is 30.7 Å². The van der Waals surface area contributed by atoms with Crippen molar-refractivity contribution in [3.8, 4) is 0 Å². The number of carbonyl (C=O) groups is 5. The number of urea groups is 1. The largest absolute Gasteiger partial charge is 0.435 e. The molecule has 2 heterocycles. The highest BCUT2D eigenvalue weighted by Crippen LogP contribution is 2.34. The van der Waals surface area contributed by atoms with E-state index in [-0.39, 0.29) is 24.5 Å². The van der Waals surface area contributed by atoms with Crippen molar-refractivity contribution in [3.63, 3.8) is 0 Å². The summed E-state index contributed by atoms with van der Waals surface area (Å²) in [6.45, 7) is 4.84. The van der Waals surface area contributed by atoms with E-state index >= 15 is 0 Å². The monoisotopic (exact) mass is 566 g/mol. The maximum absolute atomic E-state index is 13.0. The number of alkyl carbamates (subject to hydrolysis) is 1. The van der Waals surface area contributed by atoms with Gasteiger partial charge in [-0.1, -0.05) is 33.6 Å². The van der Waals surface area contributed by atoms with Crippen LogP contribution in [0.4, 0.5) is 34.3 Å². The number of rotatable bonds is 9. The lowest BCUT2D eigenvalue weighted by molar-refractivity contribution is -0.137. The number of alkyl halides is 3. The molecule has 12 nitrogen and oxygen atoms in total. The molecule has 1 saturated heterocycles. The number of ether oxygens (including phenoxy) is 1. The number of ketones is 1. The summed E-state index contributed by atoms with van der Waals surface area (Å²) in [5, 5.41) is 13.2. The van der Waals surface area contributed by atoms with Crippen LogP contribution < -0.4 is 16.0 Å². The third-order valence-corrected chi connectivity index (χ3v) is 6.13. The van der Waals surface area contributed by atoms with Gasteiger partial charge in [-0.15, -0.1) is 0 Å². The molecule has 216 valence electrons. The molecular weight excluding hydrogens is 537 g/mol. The average molecular weight is 567 g/mol. The van der Waals surface area contributed by atoms with Gasteiger partial charge in [0, 0.05) is 23.7 Å². The van der Waals surface area contributed by atoms with E-state index in [4.69, 9.17) is 4.74 Å². The summed E-state index contributed by atoms with van der Waals surface area (Å²) in [5.74, 6) is -2.61. The summed E-state index contributed by atoms with van der Waals surface area (Å²) in [5.41, 5.74) is -1.93. The molecule has 0 saturated carbocycles. The minimum Gasteiger partial charge on any atom is -0.435 e. The molecule has 1 aliphatic heterocycles. The van der Waals surface area contributed by atoms with Crippen molar-refractivity contribution in [1.29, 1.82) is 0 Å². The predicted molar refractivity (Wildman–Crippen MR) is 135 cm³/mol. The number of benzene rings is 1. The van der Waals surface area contributed by atoms with Gasteiger partial charge in [0.2, 0.25) is 5.78 Å². The number of likely N-dealkylation sites (tertiary alicyclic amines) is 1. The molecule has 0 unspecified atom stereocenters. The highest BCUT2D eigenvalue weighted by atomic mass is 19.4. The molecule has 1 aromatic carbocycles. The number of nitrogens with zero attached hydrogens (tertiary/aromatic N) is 2. The first kappa shape index (κ1) is 30.1. The third kappa shape index (κ3) is 7.36. The molecule has 1 aromatic heterocycles. The molecule has 0 aliphatic carbocycles. The second-order valence-electron chi connectivity index (χ2n) is 9.83. The van der Waals surface area contributed by atoms with Gasteiger partial charge in [-0.25, -0.2) is 9.59 Å². The van der Waals surface area contributed by atoms with Crippen LogP contribution in [0.25, 0.3) is 0 Å². The molecule has 2 aromatic rings. The molecule has 4 N–H and O–H groups in total. The molecule has 15 heteroatoms. The number of hydrogen-bond donors (Lipinski definition) is 4. The molecule has 0 radical (unpaired) electrons. The van der Waals surface area contributed by atoms with Gasteiger partial charge >= 0.3 is 18.3 Å². The number of carbonyl (C=O) groups excluding carboxylic acids is 5. The number of nitrogens with one attached hydrogen (secondary N) is 4. The Bertz CT molecular complexity index is 1250. The van der Waals surface area contributed by atoms with E-state index in [9.17, 15) is 37.1 Å². The van der Waals surface area contributed by atoms with Gasteiger partial charge in [0.05, 0.1) is 11.8 Å². The standard InChI is InChI=1S/C25H29F3N6O6/c1-4-5-6-16(18(35)20(36)32-17-11-12-29-33-17)31-23(39)40-19-21(37)34(13-24(19,2)3)22(38)30-15-9-7-14(8-10-15)25(26,27)28/h7-12,16,19H,4-6,13H2,1-3H3,(H,30,38)(H,31,39)(H2,29,32,33,36)/t16-,19+/m0/s1. The fourth-order valence-corrected chi connectivity index (χ4v) is 3.99. The Morgan fingerprint density at radius 2 is 1.82 bits per heavy atom. The molecule has 5 amide bonds. The van der Waals surface area contributed by atoms with Crippen LogP contribution in [0.5, 0.6) is 0 Å². The van der Waals surface area contributed by atoms with Crippen LogP contribution in [0.2, 0.25) is 0 Å². The van der Waals surface area contributed by atoms with E-state index in [2.05, 4.69) is 26.1 Å². The smallest absolute Gasteiger partial charge is 0.416 e. The first-order chi connectivity index (χ1) is 18.7. The van der Waals surface area contributed by atoms with Crippen molar-refractivity contribution in [2.45, 2.75) is 58.4 Å². The van der Waals surface area contributed by atoms with E-state index < -0.39 is 59.0 Å². The van der Waals surface area contributed by atoms with Crippen molar-refractivity contribution in [1.82, 2.24) is 20.4 Å². The van der Waals surface area contributed by atoms with Crippen LogP contribution in [0.15, 0.2) is 36.5 Å². The van der Waals surface area contributed by atoms with Gasteiger partial charge in [-0.2, -0.15) is 18.3 Å². The van der Waals surface area contributed by atoms with E-state index in [1.165, 1.54) is 12.3 Å². The molecule has 1 aliphatic rings. The molecule has 0 spiro atoms. The van der Waals surface area contributed by atoms with E-state index in [0.29, 0.717) is 12.8 Å². The molecule has 40 heavy (non-hydrogen) atoms. The number of Topliss-reactive ketones (excluding diaryl/α,β-unsaturated/α-hetero) is 1. The molecular formula is C25H29F3N6O6. The van der Waals surface area contributed by atoms with Crippen LogP contribution in [-0.2, 0) is 25.3 Å². The molecule has 2 atom stereocenters. The summed E-state index contributed by atoms with van der Waals surface area (Å²) in [4.78, 5) is 64.4. The maximum atomic E-state index is 13.0. The Morgan fingerprint density at radius 1 is 1.15 bits per heavy atom. The number of halogens is 3. The predicted octanol–water partition coefficient (Wildman–Crippen LogP) is 3.69. The van der Waals surface area contributed by atoms with E-state index in [0.717, 1.165) is 29.2 Å². The zero-order valence-electron chi connectivity index (χ0n) is 21.9. The van der Waals surface area contributed by atoms with Crippen molar-refractivity contribution in [2.24, 2.45) is 5.41 Å². The minimum absolute atomic E-state index is 0.0244. The lowest BCUT2D eigenvalue weighted by Crippen LogP contribution is -2.48. The summed E-state index contributed by atoms with van der Waals surface area (Å²) in [7, 11) is 0. The SMILES string of the molecule is CCCC[C@H](NC(=O)O[C@@H]1C(=O)N(C(=O)Nc2ccc(C(F)(F)F)cc2)CC1(C)C)C(=O)C(=O)Nc1ccn[nH]1. The molecule has 3 rings (SSSR count). The number of H-pyrrole nitrogens is 1. The second-order valence-corrected chi connectivity index (χ2v) is 9.83. The highest BCUT2D eigenvalue weighted by molar-refractivity contribution is 6.42. The van der Waals surface area contributed by atoms with Gasteiger partial charge in [-0.3, -0.25) is 24.4 Å². The van der Waals surface area contributed by atoms with Crippen molar-refractivity contribution in [2.75, 3.05) is 17.2 Å². The number of unbranched alkanes of at least 4 members (excludes halogenated alkanes) is 1. The number of aromatic amines is 1. The number of imide groups is 1. The first-order valence-electron chi connectivity index (χ1n) is 12.3. The van der Waals surface area contributed by atoms with Gasteiger partial charge in [0.1, 0.15) is 11.9 Å². The Labute approximate surface area is 227 Å². The summed E-state index contributed by atoms with van der Waals surface area (Å²) < 4.78 is 43.7. The van der Waals surface area contributed by atoms with Crippen LogP contribution in [-0.4, -0.2) is 63.5 Å². The van der Waals surface area contributed by atoms with Gasteiger partial charge in [0.25, 0.3) is 11.8 Å². The van der Waals surface area contributed by atoms with E-state index in [1.807, 2.05) is 6.92 Å². The quantitative estimate of drug-likeness (QED) is 0.337. The van der Waals surface area contributed by atoms with Crippen molar-refractivity contribution in [3.05, 3.63) is 42.1 Å². The fraction of sp³-hybridized carbons (Fsp3) is 0.440. The van der Waals surface area contributed by atoms with Crippen LogP contribution >= 0.6 is 0 Å². The number of anilines is 2. The maximum Gasteiger partial charge on any atom is 0.416 e. The minimum atomic E-state index is -4.55. The van der Waals surface area contributed by atoms with Crippen LogP contribution in [0.1, 0.15) is 45.6 Å². The Kier molecular flexibility index (Phi) is 9.17. The summed E-state index contributed by atoms with van der Waals surface area (Å²) in [6.07, 6.45) is -4.44. The van der Waals surface area contributed by atoms with Crippen molar-refractivity contribution >= 4 is 41.2 Å². The van der Waals surface area contributed by atoms with E-state index in [1.54, 1.807) is 13.8 Å². The average Bonchev–Trinajstić information content (AvgIpc) is 3.47. The first-order valence-corrected chi connectivity index (χ1v) is 12.3. The zero-order valence-corrected chi connectivity index (χ0v) is 21.9. The molecule has 1 fully saturated rings. The normalized spacial score (nSPS) is 17.2. The third-order valence-electron chi connectivity index (χ3n) is 6.13. The van der Waals surface area contributed by atoms with Crippen LogP contribution in [0, 0.1) is 5.41 Å². The Morgan fingerprint density at radius 3 is 2.40 bits per heavy atom. The number of amides is 5. The molecule has 0 bridgehead atoms. The number of hydrogen-bond acceptors (Lipinski definition) is 7. The van der Waals surface area contributed by atoms with Crippen LogP contribution in [0.3, 0.4) is 0 Å². The highest BCUT2D eigenvalue weighted by Gasteiger charge is 2.51. The second kappa shape index (κ2) is 12.2. The van der Waals surface area contributed by atoms with Crippen molar-refractivity contribution < 1.29 is 41.9 Å². The zero-order chi connectivity index (χ0) is 29.7. The lowest BCUT2D eigenvalue weighted by Gasteiger charge is -2.24.